The molecule has 0 atom stereocenters. The summed E-state index contributed by atoms with van der Waals surface area (Å²) in [6, 6.07) is 5.92. The molecule has 0 aliphatic rings. The van der Waals surface area contributed by atoms with Gasteiger partial charge in [-0.1, -0.05) is 18.2 Å². The van der Waals surface area contributed by atoms with Gasteiger partial charge in [-0.3, -0.25) is 9.78 Å². The summed E-state index contributed by atoms with van der Waals surface area (Å²) in [6.07, 6.45) is 15.5. The summed E-state index contributed by atoms with van der Waals surface area (Å²) in [5, 5.41) is 0. The average molecular weight is 293 g/mol. The van der Waals surface area contributed by atoms with E-state index in [1.165, 1.54) is 12.2 Å². The van der Waals surface area contributed by atoms with Crippen molar-refractivity contribution >= 4 is 17.9 Å². The number of nitrogens with zero attached hydrogens (tertiary/aromatic N) is 3. The molecule has 0 radical (unpaired) electrons. The van der Waals surface area contributed by atoms with Crippen LogP contribution in [0.4, 0.5) is 0 Å². The Bertz CT molecular complexity index is 694. The summed E-state index contributed by atoms with van der Waals surface area (Å²) < 4.78 is 2.06. The Morgan fingerprint density at radius 1 is 1.09 bits per heavy atom. The fraction of sp³-hybridized carbons (Fsp3) is 0.167. The smallest absolute Gasteiger partial charge is 0.178 e. The van der Waals surface area contributed by atoms with Gasteiger partial charge < -0.3 is 4.57 Å². The predicted octanol–water partition coefficient (Wildman–Crippen LogP) is 3.71. The van der Waals surface area contributed by atoms with E-state index in [-0.39, 0.29) is 5.78 Å². The molecule has 0 aliphatic heterocycles. The highest BCUT2D eigenvalue weighted by Gasteiger charge is 2.01. The Balaban J connectivity index is 1.92. The first kappa shape index (κ1) is 15.6. The normalized spacial score (nSPS) is 12.1. The molecule has 2 heterocycles. The van der Waals surface area contributed by atoms with E-state index in [1.807, 2.05) is 36.5 Å². The number of aromatic nitrogens is 3. The molecule has 0 spiro atoms. The second-order valence-corrected chi connectivity index (χ2v) is 4.99. The molecule has 0 unspecified atom stereocenters. The van der Waals surface area contributed by atoms with Gasteiger partial charge in [-0.05, 0) is 50.3 Å². The molecule has 2 rings (SSSR count). The fourth-order valence-corrected chi connectivity index (χ4v) is 1.88. The summed E-state index contributed by atoms with van der Waals surface area (Å²) in [7, 11) is 0. The van der Waals surface area contributed by atoms with Crippen LogP contribution >= 0.6 is 0 Å². The molecule has 0 saturated heterocycles. The summed E-state index contributed by atoms with van der Waals surface area (Å²) in [5.74, 6) is 0.790. The molecular weight excluding hydrogens is 274 g/mol. The molecule has 0 saturated carbocycles. The van der Waals surface area contributed by atoms with Crippen molar-refractivity contribution in [2.24, 2.45) is 0 Å². The molecule has 0 aliphatic carbocycles. The lowest BCUT2D eigenvalue weighted by Crippen LogP contribution is -2.01. The van der Waals surface area contributed by atoms with Crippen LogP contribution < -0.4 is 0 Å². The highest BCUT2D eigenvalue weighted by Crippen LogP contribution is 2.09. The largest absolute Gasteiger partial charge is 0.329 e. The number of rotatable bonds is 6. The average Bonchev–Trinajstić information content (AvgIpc) is 2.99. The predicted molar refractivity (Wildman–Crippen MR) is 89.1 cm³/mol. The van der Waals surface area contributed by atoms with Crippen molar-refractivity contribution in [1.29, 1.82) is 0 Å². The van der Waals surface area contributed by atoms with E-state index >= 15 is 0 Å². The van der Waals surface area contributed by atoms with Crippen LogP contribution in [0.15, 0.2) is 61.1 Å². The van der Waals surface area contributed by atoms with E-state index in [2.05, 4.69) is 28.4 Å². The Morgan fingerprint density at radius 2 is 1.95 bits per heavy atom. The number of hydrogen-bond donors (Lipinski definition) is 0. The van der Waals surface area contributed by atoms with E-state index < -0.39 is 0 Å². The molecule has 2 aromatic heterocycles. The van der Waals surface area contributed by atoms with Crippen molar-refractivity contribution in [2.45, 2.75) is 19.9 Å². The zero-order chi connectivity index (χ0) is 15.8. The fourth-order valence-electron chi connectivity index (χ4n) is 1.88. The molecule has 0 amide bonds. The van der Waals surface area contributed by atoms with Crippen molar-refractivity contribution in [3.8, 4) is 0 Å². The van der Waals surface area contributed by atoms with E-state index in [9.17, 15) is 4.79 Å². The lowest BCUT2D eigenvalue weighted by Gasteiger charge is -2.07. The van der Waals surface area contributed by atoms with Crippen LogP contribution in [0.5, 0.6) is 0 Å². The van der Waals surface area contributed by atoms with Gasteiger partial charge in [0, 0.05) is 24.6 Å². The zero-order valence-corrected chi connectivity index (χ0v) is 12.8. The summed E-state index contributed by atoms with van der Waals surface area (Å²) in [4.78, 5) is 20.1. The molecule has 22 heavy (non-hydrogen) atoms. The summed E-state index contributed by atoms with van der Waals surface area (Å²) in [5.41, 5.74) is 0.763. The van der Waals surface area contributed by atoms with Crippen molar-refractivity contribution in [1.82, 2.24) is 14.5 Å². The van der Waals surface area contributed by atoms with Crippen LogP contribution in [0.1, 0.15) is 31.4 Å². The first-order chi connectivity index (χ1) is 10.7. The van der Waals surface area contributed by atoms with E-state index in [0.717, 1.165) is 11.5 Å². The summed E-state index contributed by atoms with van der Waals surface area (Å²) >= 11 is 0. The van der Waals surface area contributed by atoms with Gasteiger partial charge in [0.15, 0.2) is 5.78 Å². The van der Waals surface area contributed by atoms with Crippen LogP contribution in [-0.4, -0.2) is 20.3 Å². The molecule has 4 heteroatoms. The van der Waals surface area contributed by atoms with Gasteiger partial charge in [0.1, 0.15) is 5.82 Å². The quantitative estimate of drug-likeness (QED) is 0.602. The maximum atomic E-state index is 11.7. The van der Waals surface area contributed by atoms with Gasteiger partial charge in [-0.15, -0.1) is 0 Å². The van der Waals surface area contributed by atoms with Crippen LogP contribution in [0.25, 0.3) is 12.2 Å². The maximum absolute atomic E-state index is 11.7. The topological polar surface area (TPSA) is 47.8 Å². The Morgan fingerprint density at radius 3 is 2.68 bits per heavy atom. The van der Waals surface area contributed by atoms with Gasteiger partial charge in [0.2, 0.25) is 0 Å². The molecule has 0 N–H and O–H groups in total. The van der Waals surface area contributed by atoms with Crippen molar-refractivity contribution in [3.63, 3.8) is 0 Å². The van der Waals surface area contributed by atoms with Gasteiger partial charge >= 0.3 is 0 Å². The number of carbonyl (C=O) groups is 1. The van der Waals surface area contributed by atoms with Crippen molar-refractivity contribution in [2.75, 3.05) is 0 Å². The minimum absolute atomic E-state index is 0.0810. The van der Waals surface area contributed by atoms with Crippen LogP contribution in [0.2, 0.25) is 0 Å². The van der Waals surface area contributed by atoms with Crippen LogP contribution in [-0.2, 0) is 4.79 Å². The van der Waals surface area contributed by atoms with E-state index in [0.29, 0.717) is 6.04 Å². The number of carbonyl (C=O) groups excluding carboxylic acids is 1. The van der Waals surface area contributed by atoms with Crippen LogP contribution in [0, 0.1) is 0 Å². The minimum Gasteiger partial charge on any atom is -0.329 e. The van der Waals surface area contributed by atoms with Gasteiger partial charge in [-0.25, -0.2) is 4.98 Å². The molecule has 4 nitrogen and oxygen atoms in total. The van der Waals surface area contributed by atoms with Gasteiger partial charge in [0.05, 0.1) is 5.69 Å². The van der Waals surface area contributed by atoms with E-state index in [4.69, 9.17) is 0 Å². The van der Waals surface area contributed by atoms with Crippen molar-refractivity contribution in [3.05, 3.63) is 72.6 Å². The number of ketones is 1. The number of allylic oxidation sites excluding steroid dienone is 4. The monoisotopic (exact) mass is 293 g/mol. The van der Waals surface area contributed by atoms with Crippen molar-refractivity contribution < 1.29 is 4.79 Å². The van der Waals surface area contributed by atoms with E-state index in [1.54, 1.807) is 24.5 Å². The standard InChI is InChI=1S/C18H19N3O/c1-15(2)21-14-13-20-18(21)9-4-3-8-17(22)11-10-16-7-5-6-12-19-16/h3-15H,1-2H3/b8-3+,9-4+,11-10+. The third kappa shape index (κ3) is 4.66. The SMILES string of the molecule is CC(C)n1ccnc1/C=C/C=C/C(=O)/C=C/c1ccccn1. The molecular formula is C18H19N3O. The number of pyridine rings is 1. The third-order valence-electron chi connectivity index (χ3n) is 2.98. The number of hydrogen-bond acceptors (Lipinski definition) is 3. The first-order valence-electron chi connectivity index (χ1n) is 7.17. The van der Waals surface area contributed by atoms with Gasteiger partial charge in [0.25, 0.3) is 0 Å². The number of imidazole rings is 1. The highest BCUT2D eigenvalue weighted by molar-refractivity contribution is 6.02. The molecule has 2 aromatic rings. The second-order valence-electron chi connectivity index (χ2n) is 4.99. The highest BCUT2D eigenvalue weighted by atomic mass is 16.1. The lowest BCUT2D eigenvalue weighted by atomic mass is 10.2. The van der Waals surface area contributed by atoms with Gasteiger partial charge in [-0.2, -0.15) is 0 Å². The third-order valence-corrected chi connectivity index (χ3v) is 2.98. The Labute approximate surface area is 130 Å². The van der Waals surface area contributed by atoms with Crippen LogP contribution in [0.3, 0.4) is 0 Å². The molecule has 0 fully saturated rings. The Hall–Kier alpha value is -2.75. The Kier molecular flexibility index (Phi) is 5.60. The lowest BCUT2D eigenvalue weighted by molar-refractivity contribution is -0.110. The minimum atomic E-state index is -0.0810. The molecule has 0 bridgehead atoms. The first-order valence-corrected chi connectivity index (χ1v) is 7.17. The molecule has 112 valence electrons. The summed E-state index contributed by atoms with van der Waals surface area (Å²) in [6.45, 7) is 4.20. The molecule has 0 aromatic carbocycles. The maximum Gasteiger partial charge on any atom is 0.178 e. The second kappa shape index (κ2) is 7.88. The zero-order valence-electron chi connectivity index (χ0n) is 12.8.